The van der Waals surface area contributed by atoms with E-state index >= 15 is 0 Å². The van der Waals surface area contributed by atoms with Crippen molar-refractivity contribution in [1.29, 1.82) is 0 Å². The van der Waals surface area contributed by atoms with Crippen molar-refractivity contribution in [1.82, 2.24) is 0 Å². The summed E-state index contributed by atoms with van der Waals surface area (Å²) in [6.45, 7) is 0. The predicted octanol–water partition coefficient (Wildman–Crippen LogP) is -0.948. The van der Waals surface area contributed by atoms with Gasteiger partial charge in [0.15, 0.2) is 0 Å². The average molecular weight is 184 g/mol. The first-order valence-electron chi connectivity index (χ1n) is 0. The summed E-state index contributed by atoms with van der Waals surface area (Å²) in [5.41, 5.74) is 0. The van der Waals surface area contributed by atoms with Crippen molar-refractivity contribution < 1.29 is 0 Å². The Morgan fingerprint density at radius 3 is 0.667 bits per heavy atom. The molecule has 0 N–H and O–H groups in total. The van der Waals surface area contributed by atoms with E-state index in [9.17, 15) is 0 Å². The smallest absolute Gasteiger partial charge is 0.316 e. The maximum absolute atomic E-state index is 0. The van der Waals surface area contributed by atoms with Crippen molar-refractivity contribution >= 4 is 131 Å². The monoisotopic (exact) mass is 182 g/mol. The molecule has 0 unspecified atom stereocenters. The fraction of sp³-hybridized carbons (Fsp3) is 0. The molecule has 32 valence electrons. The number of rotatable bonds is 0. The van der Waals surface area contributed by atoms with E-state index < -0.39 is 0 Å². The second kappa shape index (κ2) is 36.7. The summed E-state index contributed by atoms with van der Waals surface area (Å²) < 4.78 is 0. The standard InChI is InChI=1S/3ClH.K.Li.Mg.4H/h3*1H;;;;;;;. The van der Waals surface area contributed by atoms with Gasteiger partial charge in [0.25, 0.3) is 0 Å². The van der Waals surface area contributed by atoms with Crippen LogP contribution in [-0.2, 0) is 0 Å². The molecule has 0 radical (unpaired) electrons. The summed E-state index contributed by atoms with van der Waals surface area (Å²) in [6.07, 6.45) is 0. The van der Waals surface area contributed by atoms with E-state index in [1.165, 1.54) is 0 Å². The summed E-state index contributed by atoms with van der Waals surface area (Å²) in [6, 6.07) is 0. The number of hydrogen-bond donors (Lipinski definition) is 0. The molecule has 0 aliphatic carbocycles. The molecule has 0 aromatic rings. The van der Waals surface area contributed by atoms with Gasteiger partial charge >= 0.3 is 93.3 Å². The average Bonchev–Trinajstić information content (AvgIpc) is 0. The molecule has 0 saturated carbocycles. The van der Waals surface area contributed by atoms with Crippen LogP contribution in [0.5, 0.6) is 0 Å². The van der Waals surface area contributed by atoms with Crippen molar-refractivity contribution in [3.8, 4) is 0 Å². The van der Waals surface area contributed by atoms with Gasteiger partial charge in [-0.05, 0) is 0 Å². The molecule has 0 aromatic heterocycles. The minimum atomic E-state index is 0. The van der Waals surface area contributed by atoms with E-state index in [0.717, 1.165) is 0 Å². The van der Waals surface area contributed by atoms with Gasteiger partial charge in [-0.15, -0.1) is 37.2 Å². The van der Waals surface area contributed by atoms with Gasteiger partial charge in [-0.25, -0.2) is 0 Å². The molecule has 6 heavy (non-hydrogen) atoms. The quantitative estimate of drug-likeness (QED) is 0.425. The molecule has 0 saturated heterocycles. The molecule has 0 rings (SSSR count). The van der Waals surface area contributed by atoms with Crippen LogP contribution in [0.4, 0.5) is 0 Å². The molecule has 0 amide bonds. The van der Waals surface area contributed by atoms with Crippen LogP contribution >= 0.6 is 37.2 Å². The normalized spacial score (nSPS) is 0. The Labute approximate surface area is 127 Å². The van der Waals surface area contributed by atoms with Crippen molar-refractivity contribution in [2.75, 3.05) is 0 Å². The Morgan fingerprint density at radius 2 is 0.667 bits per heavy atom. The zero-order valence-corrected chi connectivity index (χ0v) is 3.67. The van der Waals surface area contributed by atoms with Crippen LogP contribution in [-0.4, -0.2) is 93.3 Å². The second-order valence-corrected chi connectivity index (χ2v) is 0. The van der Waals surface area contributed by atoms with E-state index in [-0.39, 0.29) is 131 Å². The molecule has 6 heteroatoms. The van der Waals surface area contributed by atoms with Crippen molar-refractivity contribution in [2.24, 2.45) is 0 Å². The Bertz CT molecular complexity index is 10.8. The zero-order valence-electron chi connectivity index (χ0n) is 1.22. The van der Waals surface area contributed by atoms with E-state index in [4.69, 9.17) is 0 Å². The summed E-state index contributed by atoms with van der Waals surface area (Å²) in [5, 5.41) is 0. The fourth-order valence-corrected chi connectivity index (χ4v) is 0. The first kappa shape index (κ1) is 51.8. The molecule has 0 spiro atoms. The Hall–Kier alpha value is 3.87. The summed E-state index contributed by atoms with van der Waals surface area (Å²) in [4.78, 5) is 0. The molecule has 0 aliphatic heterocycles. The molecule has 0 nitrogen and oxygen atoms in total. The van der Waals surface area contributed by atoms with Crippen LogP contribution in [0.2, 0.25) is 0 Å². The van der Waals surface area contributed by atoms with Gasteiger partial charge in [0.05, 0.1) is 0 Å². The molecule has 0 aliphatic rings. The van der Waals surface area contributed by atoms with Crippen LogP contribution in [0.25, 0.3) is 0 Å². The van der Waals surface area contributed by atoms with Gasteiger partial charge in [-0.3, -0.25) is 0 Å². The molecular weight excluding hydrogens is 177 g/mol. The maximum Gasteiger partial charge on any atom is 0.316 e. The third-order valence-electron chi connectivity index (χ3n) is 0. The molecular formula is H7Cl3KLiMg. The third-order valence-corrected chi connectivity index (χ3v) is 0. The molecule has 0 bridgehead atoms. The van der Waals surface area contributed by atoms with Crippen LogP contribution in [0.1, 0.15) is 0 Å². The number of hydrogen-bond acceptors (Lipinski definition) is 0. The van der Waals surface area contributed by atoms with Crippen molar-refractivity contribution in [2.45, 2.75) is 0 Å². The van der Waals surface area contributed by atoms with Gasteiger partial charge in [0.2, 0.25) is 0 Å². The SMILES string of the molecule is Cl.Cl.Cl.[KH].[LiH].[MgH2]. The Morgan fingerprint density at radius 1 is 0.667 bits per heavy atom. The fourth-order valence-electron chi connectivity index (χ4n) is 0. The molecule has 0 aromatic carbocycles. The topological polar surface area (TPSA) is 0 Å². The second-order valence-electron chi connectivity index (χ2n) is 0. The largest absolute Gasteiger partial charge is 0.316 e. The summed E-state index contributed by atoms with van der Waals surface area (Å²) >= 11 is 0. The molecule has 0 atom stereocenters. The minimum absolute atomic E-state index is 0. The van der Waals surface area contributed by atoms with Crippen molar-refractivity contribution in [3.05, 3.63) is 0 Å². The Kier molecular flexibility index (Phi) is 317. The van der Waals surface area contributed by atoms with E-state index in [1.54, 1.807) is 0 Å². The zero-order chi connectivity index (χ0) is 0. The van der Waals surface area contributed by atoms with Gasteiger partial charge in [0.1, 0.15) is 0 Å². The minimum Gasteiger partial charge on any atom is 0.316 e. The van der Waals surface area contributed by atoms with E-state index in [1.807, 2.05) is 0 Å². The summed E-state index contributed by atoms with van der Waals surface area (Å²) in [5.74, 6) is 0. The van der Waals surface area contributed by atoms with Crippen LogP contribution in [0.3, 0.4) is 0 Å². The van der Waals surface area contributed by atoms with Crippen molar-refractivity contribution in [3.63, 3.8) is 0 Å². The van der Waals surface area contributed by atoms with E-state index in [0.29, 0.717) is 0 Å². The van der Waals surface area contributed by atoms with Crippen LogP contribution < -0.4 is 0 Å². The first-order valence-corrected chi connectivity index (χ1v) is 0. The number of halogens is 3. The predicted molar refractivity (Wildman–Crippen MR) is 44.6 cm³/mol. The van der Waals surface area contributed by atoms with Crippen LogP contribution in [0, 0.1) is 0 Å². The first-order chi connectivity index (χ1) is 0. The van der Waals surface area contributed by atoms with Crippen LogP contribution in [0.15, 0.2) is 0 Å². The Balaban J connectivity index is 0. The maximum atomic E-state index is 0. The van der Waals surface area contributed by atoms with Gasteiger partial charge < -0.3 is 0 Å². The third kappa shape index (κ3) is 24.8. The van der Waals surface area contributed by atoms with Gasteiger partial charge in [-0.2, -0.15) is 0 Å². The van der Waals surface area contributed by atoms with Gasteiger partial charge in [-0.1, -0.05) is 0 Å². The summed E-state index contributed by atoms with van der Waals surface area (Å²) in [7, 11) is 0. The van der Waals surface area contributed by atoms with E-state index in [2.05, 4.69) is 0 Å². The molecule has 0 fully saturated rings. The molecule has 0 heterocycles. The van der Waals surface area contributed by atoms with Gasteiger partial charge in [0, 0.05) is 0 Å².